The molecule has 0 heterocycles. The molecule has 0 aliphatic heterocycles. The minimum atomic E-state index is 0.524. The third kappa shape index (κ3) is 1.71. The summed E-state index contributed by atoms with van der Waals surface area (Å²) >= 11 is 5.81. The molecule has 1 aromatic rings. The lowest BCUT2D eigenvalue weighted by Crippen LogP contribution is -1.94. The van der Waals surface area contributed by atoms with Crippen LogP contribution in [0.15, 0.2) is 29.4 Å². The van der Waals surface area contributed by atoms with Crippen molar-refractivity contribution in [1.29, 1.82) is 0 Å². The number of nitrogens with zero attached hydrogens (tertiary/aromatic N) is 1. The number of halogens is 1. The number of rotatable bonds is 1. The van der Waals surface area contributed by atoms with E-state index in [0.29, 0.717) is 10.7 Å². The maximum absolute atomic E-state index is 8.44. The van der Waals surface area contributed by atoms with Gasteiger partial charge in [0.15, 0.2) is 0 Å². The van der Waals surface area contributed by atoms with Crippen LogP contribution in [-0.2, 0) is 0 Å². The molecule has 3 heteroatoms. The van der Waals surface area contributed by atoms with Crippen LogP contribution >= 0.6 is 11.6 Å². The van der Waals surface area contributed by atoms with Gasteiger partial charge in [-0.2, -0.15) is 0 Å². The van der Waals surface area contributed by atoms with E-state index in [1.165, 1.54) is 0 Å². The maximum Gasteiger partial charge on any atom is 0.0851 e. The quantitative estimate of drug-likeness (QED) is 0.391. The molecule has 0 spiro atoms. The molecule has 58 valence electrons. The Kier molecular flexibility index (Phi) is 2.49. The fourth-order valence-corrected chi connectivity index (χ4v) is 1.08. The first-order chi connectivity index (χ1) is 5.25. The summed E-state index contributed by atoms with van der Waals surface area (Å²) in [4.78, 5) is 0. The van der Waals surface area contributed by atoms with Crippen molar-refractivity contribution in [3.63, 3.8) is 0 Å². The van der Waals surface area contributed by atoms with E-state index >= 15 is 0 Å². The molecule has 0 radical (unpaired) electrons. The standard InChI is InChI=1S/C8H8ClNO/c1-6(10-11)7-4-2-3-5-8(7)9/h2-5,11H,1H3/b10-6-. The van der Waals surface area contributed by atoms with Gasteiger partial charge >= 0.3 is 0 Å². The van der Waals surface area contributed by atoms with Gasteiger partial charge in [0.05, 0.1) is 5.71 Å². The molecule has 1 aromatic carbocycles. The Bertz CT molecular complexity index is 283. The summed E-state index contributed by atoms with van der Waals surface area (Å²) in [7, 11) is 0. The van der Waals surface area contributed by atoms with Crippen molar-refractivity contribution in [3.05, 3.63) is 34.9 Å². The summed E-state index contributed by atoms with van der Waals surface area (Å²) < 4.78 is 0. The third-order valence-corrected chi connectivity index (χ3v) is 1.74. The van der Waals surface area contributed by atoms with Crippen molar-refractivity contribution < 1.29 is 5.21 Å². The Morgan fingerprint density at radius 1 is 1.45 bits per heavy atom. The highest BCUT2D eigenvalue weighted by Gasteiger charge is 2.00. The van der Waals surface area contributed by atoms with Crippen molar-refractivity contribution in [2.24, 2.45) is 5.16 Å². The molecule has 0 fully saturated rings. The van der Waals surface area contributed by atoms with Crippen molar-refractivity contribution in [2.75, 3.05) is 0 Å². The normalized spacial score (nSPS) is 11.6. The first-order valence-electron chi connectivity index (χ1n) is 3.19. The maximum atomic E-state index is 8.44. The highest BCUT2D eigenvalue weighted by Crippen LogP contribution is 2.15. The Morgan fingerprint density at radius 3 is 2.64 bits per heavy atom. The van der Waals surface area contributed by atoms with E-state index in [9.17, 15) is 0 Å². The van der Waals surface area contributed by atoms with Crippen LogP contribution in [0.2, 0.25) is 5.02 Å². The van der Waals surface area contributed by atoms with Crippen molar-refractivity contribution in [1.82, 2.24) is 0 Å². The third-order valence-electron chi connectivity index (χ3n) is 1.41. The lowest BCUT2D eigenvalue weighted by molar-refractivity contribution is 0.319. The number of hydrogen-bond donors (Lipinski definition) is 1. The molecule has 1 N–H and O–H groups in total. The van der Waals surface area contributed by atoms with Gasteiger partial charge in [0, 0.05) is 10.6 Å². The van der Waals surface area contributed by atoms with Gasteiger partial charge in [-0.3, -0.25) is 0 Å². The Morgan fingerprint density at radius 2 is 2.09 bits per heavy atom. The predicted molar refractivity (Wildman–Crippen MR) is 45.4 cm³/mol. The Balaban J connectivity index is 3.14. The topological polar surface area (TPSA) is 32.6 Å². The summed E-state index contributed by atoms with van der Waals surface area (Å²) in [5.41, 5.74) is 1.28. The minimum Gasteiger partial charge on any atom is -0.411 e. The second-order valence-electron chi connectivity index (χ2n) is 2.17. The second-order valence-corrected chi connectivity index (χ2v) is 2.57. The molecule has 0 atom stereocenters. The fraction of sp³-hybridized carbons (Fsp3) is 0.125. The number of oxime groups is 1. The van der Waals surface area contributed by atoms with Crippen LogP contribution in [0.3, 0.4) is 0 Å². The molecule has 2 nitrogen and oxygen atoms in total. The zero-order valence-electron chi connectivity index (χ0n) is 6.08. The van der Waals surface area contributed by atoms with E-state index in [1.54, 1.807) is 19.1 Å². The SMILES string of the molecule is C/C(=N/O)c1ccccc1Cl. The number of hydrogen-bond acceptors (Lipinski definition) is 2. The van der Waals surface area contributed by atoms with Gasteiger partial charge in [0.1, 0.15) is 0 Å². The highest BCUT2D eigenvalue weighted by atomic mass is 35.5. The van der Waals surface area contributed by atoms with E-state index in [1.807, 2.05) is 12.1 Å². The van der Waals surface area contributed by atoms with Gasteiger partial charge in [-0.05, 0) is 13.0 Å². The molecule has 0 aromatic heterocycles. The summed E-state index contributed by atoms with van der Waals surface area (Å²) in [6.07, 6.45) is 0. The minimum absolute atomic E-state index is 0.524. The lowest BCUT2D eigenvalue weighted by atomic mass is 10.1. The Labute approximate surface area is 70.1 Å². The van der Waals surface area contributed by atoms with Gasteiger partial charge in [0.2, 0.25) is 0 Å². The van der Waals surface area contributed by atoms with E-state index in [2.05, 4.69) is 5.16 Å². The van der Waals surface area contributed by atoms with Crippen LogP contribution in [0.1, 0.15) is 12.5 Å². The molecule has 0 amide bonds. The molecule has 0 bridgehead atoms. The van der Waals surface area contributed by atoms with E-state index < -0.39 is 0 Å². The summed E-state index contributed by atoms with van der Waals surface area (Å²) in [5, 5.41) is 12.1. The van der Waals surface area contributed by atoms with E-state index in [-0.39, 0.29) is 0 Å². The summed E-state index contributed by atoms with van der Waals surface area (Å²) in [6, 6.07) is 7.23. The Hall–Kier alpha value is -1.02. The second kappa shape index (κ2) is 3.39. The lowest BCUT2D eigenvalue weighted by Gasteiger charge is -1.99. The van der Waals surface area contributed by atoms with Crippen LogP contribution in [0, 0.1) is 0 Å². The molecule has 0 saturated carbocycles. The zero-order valence-corrected chi connectivity index (χ0v) is 6.84. The van der Waals surface area contributed by atoms with Crippen molar-refractivity contribution in [3.8, 4) is 0 Å². The smallest absolute Gasteiger partial charge is 0.0851 e. The van der Waals surface area contributed by atoms with E-state index in [4.69, 9.17) is 16.8 Å². The molecular formula is C8H8ClNO. The van der Waals surface area contributed by atoms with Crippen molar-refractivity contribution in [2.45, 2.75) is 6.92 Å². The average Bonchev–Trinajstić information content (AvgIpc) is 2.04. The largest absolute Gasteiger partial charge is 0.411 e. The van der Waals surface area contributed by atoms with Crippen molar-refractivity contribution >= 4 is 17.3 Å². The molecule has 0 unspecified atom stereocenters. The molecule has 1 rings (SSSR count). The zero-order chi connectivity index (χ0) is 8.27. The first-order valence-corrected chi connectivity index (χ1v) is 3.57. The highest BCUT2D eigenvalue weighted by molar-refractivity contribution is 6.34. The van der Waals surface area contributed by atoms with Crippen LogP contribution in [0.5, 0.6) is 0 Å². The predicted octanol–water partition coefficient (Wildman–Crippen LogP) is 2.54. The van der Waals surface area contributed by atoms with Gasteiger partial charge in [-0.25, -0.2) is 0 Å². The fourth-order valence-electron chi connectivity index (χ4n) is 0.808. The van der Waals surface area contributed by atoms with Gasteiger partial charge < -0.3 is 5.21 Å². The van der Waals surface area contributed by atoms with E-state index in [0.717, 1.165) is 5.56 Å². The summed E-state index contributed by atoms with van der Waals surface area (Å²) in [5.74, 6) is 0. The number of benzene rings is 1. The van der Waals surface area contributed by atoms with Gasteiger partial charge in [-0.15, -0.1) is 0 Å². The van der Waals surface area contributed by atoms with Gasteiger partial charge in [-0.1, -0.05) is 35.0 Å². The molecule has 0 aliphatic carbocycles. The van der Waals surface area contributed by atoms with Crippen LogP contribution in [-0.4, -0.2) is 10.9 Å². The van der Waals surface area contributed by atoms with Gasteiger partial charge in [0.25, 0.3) is 0 Å². The molecule has 0 aliphatic rings. The van der Waals surface area contributed by atoms with Crippen LogP contribution in [0.4, 0.5) is 0 Å². The average molecular weight is 170 g/mol. The first kappa shape index (κ1) is 8.08. The molecule has 0 saturated heterocycles. The summed E-state index contributed by atoms with van der Waals surface area (Å²) in [6.45, 7) is 1.70. The molecular weight excluding hydrogens is 162 g/mol. The van der Waals surface area contributed by atoms with Crippen LogP contribution in [0.25, 0.3) is 0 Å². The monoisotopic (exact) mass is 169 g/mol. The van der Waals surface area contributed by atoms with Crippen LogP contribution < -0.4 is 0 Å². The molecule has 11 heavy (non-hydrogen) atoms.